The number of carbonyl (C=O) groups is 2. The summed E-state index contributed by atoms with van der Waals surface area (Å²) in [6.07, 6.45) is 0.881. The Morgan fingerprint density at radius 1 is 1.27 bits per heavy atom. The van der Waals surface area contributed by atoms with Gasteiger partial charge >= 0.3 is 0 Å². The van der Waals surface area contributed by atoms with Gasteiger partial charge in [-0.3, -0.25) is 14.9 Å². The zero-order chi connectivity index (χ0) is 16.0. The fourth-order valence-corrected chi connectivity index (χ4v) is 3.09. The Bertz CT molecular complexity index is 666. The smallest absolute Gasteiger partial charge is 0.249 e. The fourth-order valence-electron chi connectivity index (χ4n) is 3.09. The van der Waals surface area contributed by atoms with E-state index in [1.54, 1.807) is 0 Å². The largest absolute Gasteiger partial charge is 0.330 e. The fraction of sp³-hybridized carbons (Fsp3) is 0.412. The highest BCUT2D eigenvalue weighted by atomic mass is 16.2. The molecule has 1 aromatic carbocycles. The molecule has 22 heavy (non-hydrogen) atoms. The van der Waals surface area contributed by atoms with Crippen LogP contribution in [0, 0.1) is 0 Å². The Hall–Kier alpha value is -2.30. The quantitative estimate of drug-likeness (QED) is 0.852. The molecule has 1 atom stereocenters. The lowest BCUT2D eigenvalue weighted by Gasteiger charge is -2.32. The molecule has 2 aliphatic heterocycles. The Morgan fingerprint density at radius 3 is 2.64 bits per heavy atom. The molecule has 0 spiro atoms. The number of piperidine rings is 1. The van der Waals surface area contributed by atoms with Crippen LogP contribution in [0.3, 0.4) is 0 Å². The van der Waals surface area contributed by atoms with Gasteiger partial charge in [0.15, 0.2) is 0 Å². The van der Waals surface area contributed by atoms with Gasteiger partial charge < -0.3 is 9.80 Å². The lowest BCUT2D eigenvalue weighted by Crippen LogP contribution is -2.52. The van der Waals surface area contributed by atoms with Crippen LogP contribution >= 0.6 is 0 Å². The predicted octanol–water partition coefficient (Wildman–Crippen LogP) is 2.34. The first-order valence-corrected chi connectivity index (χ1v) is 7.59. The Labute approximate surface area is 130 Å². The van der Waals surface area contributed by atoms with Crippen molar-refractivity contribution in [1.29, 1.82) is 0 Å². The van der Waals surface area contributed by atoms with Crippen molar-refractivity contribution in [1.82, 2.24) is 5.32 Å². The first-order valence-electron chi connectivity index (χ1n) is 7.59. The van der Waals surface area contributed by atoms with Gasteiger partial charge in [0.25, 0.3) is 0 Å². The van der Waals surface area contributed by atoms with Crippen molar-refractivity contribution >= 4 is 23.2 Å². The third-order valence-corrected chi connectivity index (χ3v) is 4.47. The van der Waals surface area contributed by atoms with Crippen LogP contribution in [-0.2, 0) is 9.59 Å². The van der Waals surface area contributed by atoms with E-state index >= 15 is 0 Å². The maximum Gasteiger partial charge on any atom is 0.249 e. The van der Waals surface area contributed by atoms with Gasteiger partial charge in [-0.25, -0.2) is 0 Å². The minimum atomic E-state index is -0.378. The molecule has 0 radical (unpaired) electrons. The van der Waals surface area contributed by atoms with Crippen molar-refractivity contribution in [3.63, 3.8) is 0 Å². The van der Waals surface area contributed by atoms with Crippen LogP contribution in [0.5, 0.6) is 0 Å². The van der Waals surface area contributed by atoms with E-state index in [1.165, 1.54) is 5.56 Å². The molecule has 0 aliphatic carbocycles. The third-order valence-electron chi connectivity index (χ3n) is 4.47. The number of nitrogens with one attached hydrogen (secondary N) is 1. The molecule has 1 saturated heterocycles. The highest BCUT2D eigenvalue weighted by Crippen LogP contribution is 2.43. The minimum Gasteiger partial charge on any atom is -0.330 e. The van der Waals surface area contributed by atoms with E-state index < -0.39 is 0 Å². The number of imide groups is 1. The lowest BCUT2D eigenvalue weighted by molar-refractivity contribution is -0.134. The summed E-state index contributed by atoms with van der Waals surface area (Å²) in [5, 5.41) is 2.43. The van der Waals surface area contributed by atoms with Crippen molar-refractivity contribution in [2.75, 3.05) is 16.8 Å². The van der Waals surface area contributed by atoms with Crippen molar-refractivity contribution in [3.8, 4) is 0 Å². The van der Waals surface area contributed by atoms with E-state index in [1.807, 2.05) is 16.8 Å². The summed E-state index contributed by atoms with van der Waals surface area (Å²) < 4.78 is 0. The number of fused-ring (bicyclic) bond motifs is 1. The van der Waals surface area contributed by atoms with Crippen molar-refractivity contribution in [2.24, 2.45) is 0 Å². The summed E-state index contributed by atoms with van der Waals surface area (Å²) >= 11 is 0. The van der Waals surface area contributed by atoms with Gasteiger partial charge in [-0.15, -0.1) is 0 Å². The average molecular weight is 299 g/mol. The number of hydrogen-bond donors (Lipinski definition) is 1. The zero-order valence-electron chi connectivity index (χ0n) is 13.2. The molecule has 116 valence electrons. The topological polar surface area (TPSA) is 52.6 Å². The number of nitrogens with zero attached hydrogens (tertiary/aromatic N) is 2. The van der Waals surface area contributed by atoms with Gasteiger partial charge in [0.2, 0.25) is 11.8 Å². The number of carbonyl (C=O) groups excluding carboxylic acids is 2. The summed E-state index contributed by atoms with van der Waals surface area (Å²) in [7, 11) is 1.95. The number of amides is 2. The second-order valence-corrected chi connectivity index (χ2v) is 6.21. The molecule has 1 fully saturated rings. The van der Waals surface area contributed by atoms with Crippen molar-refractivity contribution in [3.05, 3.63) is 36.2 Å². The highest BCUT2D eigenvalue weighted by molar-refractivity contribution is 6.03. The molecule has 2 amide bonds. The van der Waals surface area contributed by atoms with Crippen LogP contribution in [0.4, 0.5) is 11.4 Å². The van der Waals surface area contributed by atoms with Crippen LogP contribution in [0.1, 0.15) is 38.2 Å². The average Bonchev–Trinajstić information content (AvgIpc) is 2.71. The standard InChI is InChI=1S/C17H21N3O2/c1-10(2)12-5-6-13-15(9-12)20(11(3)19(13)4)14-7-8-16(21)18-17(14)22/h5-6,9-10,14H,3,7-8H2,1-2,4H3,(H,18,21,22). The molecule has 2 heterocycles. The van der Waals surface area contributed by atoms with Gasteiger partial charge in [0.05, 0.1) is 11.4 Å². The van der Waals surface area contributed by atoms with E-state index in [9.17, 15) is 9.59 Å². The van der Waals surface area contributed by atoms with Gasteiger partial charge in [0, 0.05) is 13.5 Å². The Kier molecular flexibility index (Phi) is 3.43. The van der Waals surface area contributed by atoms with Crippen molar-refractivity contribution in [2.45, 2.75) is 38.6 Å². The summed E-state index contributed by atoms with van der Waals surface area (Å²) in [6, 6.07) is 5.93. The monoisotopic (exact) mass is 299 g/mol. The van der Waals surface area contributed by atoms with Crippen molar-refractivity contribution < 1.29 is 9.59 Å². The van der Waals surface area contributed by atoms with E-state index in [2.05, 4.69) is 43.9 Å². The molecular formula is C17H21N3O2. The first-order chi connectivity index (χ1) is 10.4. The summed E-state index contributed by atoms with van der Waals surface area (Å²) in [5.41, 5.74) is 3.26. The summed E-state index contributed by atoms with van der Waals surface area (Å²) in [5.74, 6) is 0.739. The zero-order valence-corrected chi connectivity index (χ0v) is 13.2. The second-order valence-electron chi connectivity index (χ2n) is 6.21. The molecule has 5 heteroatoms. The Balaban J connectivity index is 2.03. The third kappa shape index (κ3) is 2.17. The van der Waals surface area contributed by atoms with Gasteiger partial charge in [-0.1, -0.05) is 26.5 Å². The Morgan fingerprint density at radius 2 is 2.00 bits per heavy atom. The van der Waals surface area contributed by atoms with Crippen LogP contribution in [-0.4, -0.2) is 24.9 Å². The molecule has 1 N–H and O–H groups in total. The summed E-state index contributed by atoms with van der Waals surface area (Å²) in [4.78, 5) is 27.6. The molecular weight excluding hydrogens is 278 g/mol. The highest BCUT2D eigenvalue weighted by Gasteiger charge is 2.39. The van der Waals surface area contributed by atoms with Crippen LogP contribution in [0.25, 0.3) is 0 Å². The molecule has 5 nitrogen and oxygen atoms in total. The van der Waals surface area contributed by atoms with Gasteiger partial charge in [-0.2, -0.15) is 0 Å². The molecule has 0 bridgehead atoms. The SMILES string of the molecule is C=C1N(C)c2ccc(C(C)C)cc2N1C1CCC(=O)NC1=O. The molecule has 2 aliphatic rings. The second kappa shape index (κ2) is 5.16. The normalized spacial score (nSPS) is 21.5. The lowest BCUT2D eigenvalue weighted by atomic mass is 10.00. The van der Waals surface area contributed by atoms with E-state index in [0.717, 1.165) is 17.2 Å². The molecule has 1 aromatic rings. The van der Waals surface area contributed by atoms with Crippen LogP contribution in [0.15, 0.2) is 30.6 Å². The first kappa shape index (κ1) is 14.6. The maximum atomic E-state index is 12.2. The van der Waals surface area contributed by atoms with Gasteiger partial charge in [0.1, 0.15) is 11.9 Å². The van der Waals surface area contributed by atoms with E-state index in [0.29, 0.717) is 18.8 Å². The van der Waals surface area contributed by atoms with E-state index in [-0.39, 0.29) is 17.9 Å². The molecule has 3 rings (SSSR count). The minimum absolute atomic E-state index is 0.199. The van der Waals surface area contributed by atoms with Crippen LogP contribution < -0.4 is 15.1 Å². The van der Waals surface area contributed by atoms with Gasteiger partial charge in [-0.05, 0) is 30.0 Å². The summed E-state index contributed by atoms with van der Waals surface area (Å²) in [6.45, 7) is 8.41. The number of anilines is 2. The predicted molar refractivity (Wildman–Crippen MR) is 86.7 cm³/mol. The molecule has 0 aromatic heterocycles. The molecule has 1 unspecified atom stereocenters. The van der Waals surface area contributed by atoms with E-state index in [4.69, 9.17) is 0 Å². The number of hydrogen-bond acceptors (Lipinski definition) is 4. The van der Waals surface area contributed by atoms with Crippen LogP contribution in [0.2, 0.25) is 0 Å². The number of benzene rings is 1. The number of rotatable bonds is 2. The molecule has 0 saturated carbocycles. The maximum absolute atomic E-state index is 12.2.